The van der Waals surface area contributed by atoms with E-state index in [-0.39, 0.29) is 0 Å². The number of hydrogen-bond acceptors (Lipinski definition) is 1. The van der Waals surface area contributed by atoms with Crippen molar-refractivity contribution in [3.8, 4) is 0 Å². The predicted molar refractivity (Wildman–Crippen MR) is 64.3 cm³/mol. The van der Waals surface area contributed by atoms with E-state index >= 15 is 0 Å². The van der Waals surface area contributed by atoms with Gasteiger partial charge in [-0.3, -0.25) is 0 Å². The molecule has 2 nitrogen and oxygen atoms in total. The molecule has 0 saturated carbocycles. The van der Waals surface area contributed by atoms with Gasteiger partial charge in [-0.15, -0.1) is 0 Å². The summed E-state index contributed by atoms with van der Waals surface area (Å²) in [4.78, 5) is 4.36. The largest absolute Gasteiger partial charge is 0.314 e. The summed E-state index contributed by atoms with van der Waals surface area (Å²) >= 11 is 6.12. The first-order valence-electron chi connectivity index (χ1n) is 5.20. The summed E-state index contributed by atoms with van der Waals surface area (Å²) in [5.41, 5.74) is 3.33. The second-order valence-corrected chi connectivity index (χ2v) is 4.72. The van der Waals surface area contributed by atoms with E-state index in [0.717, 1.165) is 17.6 Å². The summed E-state index contributed by atoms with van der Waals surface area (Å²) < 4.78 is 2.07. The van der Waals surface area contributed by atoms with Crippen LogP contribution >= 0.6 is 11.6 Å². The molecule has 80 valence electrons. The Balaban J connectivity index is 2.58. The molecule has 3 heteroatoms. The quantitative estimate of drug-likeness (QED) is 0.759. The highest BCUT2D eigenvalue weighted by molar-refractivity contribution is 6.29. The van der Waals surface area contributed by atoms with Gasteiger partial charge in [-0.1, -0.05) is 19.9 Å². The summed E-state index contributed by atoms with van der Waals surface area (Å²) in [5.74, 6) is 0.571. The number of benzene rings is 1. The fraction of sp³-hybridized carbons (Fsp3) is 0.417. The topological polar surface area (TPSA) is 17.8 Å². The third kappa shape index (κ3) is 2.00. The minimum Gasteiger partial charge on any atom is -0.314 e. The van der Waals surface area contributed by atoms with Crippen molar-refractivity contribution < 1.29 is 0 Å². The summed E-state index contributed by atoms with van der Waals surface area (Å²) in [6.07, 6.45) is 0. The zero-order valence-electron chi connectivity index (χ0n) is 9.29. The average Bonchev–Trinajstić information content (AvgIpc) is 2.41. The van der Waals surface area contributed by atoms with Crippen LogP contribution < -0.4 is 0 Å². The molecule has 0 fully saturated rings. The van der Waals surface area contributed by atoms with E-state index in [4.69, 9.17) is 11.6 Å². The zero-order chi connectivity index (χ0) is 11.0. The molecule has 0 unspecified atom stereocenters. The van der Waals surface area contributed by atoms with Gasteiger partial charge in [0, 0.05) is 6.54 Å². The highest BCUT2D eigenvalue weighted by atomic mass is 35.5. The maximum absolute atomic E-state index is 6.12. The maximum Gasteiger partial charge on any atom is 0.203 e. The molecular formula is C12H15ClN2. The minimum absolute atomic E-state index is 0.571. The van der Waals surface area contributed by atoms with Gasteiger partial charge in [-0.05, 0) is 42.1 Å². The van der Waals surface area contributed by atoms with Gasteiger partial charge in [-0.2, -0.15) is 0 Å². The molecule has 15 heavy (non-hydrogen) atoms. The van der Waals surface area contributed by atoms with E-state index in [9.17, 15) is 0 Å². The number of hydrogen-bond donors (Lipinski definition) is 0. The molecule has 0 saturated heterocycles. The van der Waals surface area contributed by atoms with Gasteiger partial charge in [0.25, 0.3) is 0 Å². The molecule has 1 aromatic carbocycles. The lowest BCUT2D eigenvalue weighted by Crippen LogP contribution is -2.04. The van der Waals surface area contributed by atoms with Gasteiger partial charge in [0.2, 0.25) is 5.28 Å². The fourth-order valence-corrected chi connectivity index (χ4v) is 2.00. The van der Waals surface area contributed by atoms with Crippen molar-refractivity contribution in [1.29, 1.82) is 0 Å². The summed E-state index contributed by atoms with van der Waals surface area (Å²) in [7, 11) is 0. The molecule has 0 radical (unpaired) electrons. The van der Waals surface area contributed by atoms with E-state index in [2.05, 4.69) is 48.5 Å². The Labute approximate surface area is 94.9 Å². The van der Waals surface area contributed by atoms with Crippen molar-refractivity contribution in [2.75, 3.05) is 0 Å². The summed E-state index contributed by atoms with van der Waals surface area (Å²) in [5, 5.41) is 0.587. The SMILES string of the molecule is Cc1ccc2c(c1)nc(Cl)n2CC(C)C. The molecular weight excluding hydrogens is 208 g/mol. The standard InChI is InChI=1S/C12H15ClN2/c1-8(2)7-15-11-5-4-9(3)6-10(11)14-12(15)13/h4-6,8H,7H2,1-3H3. The maximum atomic E-state index is 6.12. The number of rotatable bonds is 2. The van der Waals surface area contributed by atoms with Crippen LogP contribution in [0, 0.1) is 12.8 Å². The van der Waals surface area contributed by atoms with Crippen molar-refractivity contribution in [2.24, 2.45) is 5.92 Å². The van der Waals surface area contributed by atoms with Crippen LogP contribution in [0.25, 0.3) is 11.0 Å². The second-order valence-electron chi connectivity index (χ2n) is 4.38. The van der Waals surface area contributed by atoms with E-state index in [1.807, 2.05) is 0 Å². The molecule has 0 amide bonds. The number of halogens is 1. The van der Waals surface area contributed by atoms with Crippen LogP contribution in [0.5, 0.6) is 0 Å². The van der Waals surface area contributed by atoms with Crippen molar-refractivity contribution in [1.82, 2.24) is 9.55 Å². The smallest absolute Gasteiger partial charge is 0.203 e. The minimum atomic E-state index is 0.571. The van der Waals surface area contributed by atoms with Crippen LogP contribution in [-0.2, 0) is 6.54 Å². The lowest BCUT2D eigenvalue weighted by Gasteiger charge is -2.08. The number of nitrogens with zero attached hydrogens (tertiary/aromatic N) is 2. The molecule has 0 spiro atoms. The van der Waals surface area contributed by atoms with Gasteiger partial charge in [0.1, 0.15) is 0 Å². The molecule has 2 rings (SSSR count). The highest BCUT2D eigenvalue weighted by Crippen LogP contribution is 2.21. The van der Waals surface area contributed by atoms with E-state index in [1.54, 1.807) is 0 Å². The average molecular weight is 223 g/mol. The molecule has 0 aliphatic heterocycles. The van der Waals surface area contributed by atoms with Crippen LogP contribution in [0.15, 0.2) is 18.2 Å². The Hall–Kier alpha value is -1.02. The third-order valence-corrected chi connectivity index (χ3v) is 2.69. The normalized spacial score (nSPS) is 11.5. The number of fused-ring (bicyclic) bond motifs is 1. The van der Waals surface area contributed by atoms with Crippen molar-refractivity contribution in [2.45, 2.75) is 27.3 Å². The molecule has 1 aromatic heterocycles. The number of aromatic nitrogens is 2. The van der Waals surface area contributed by atoms with Crippen LogP contribution in [0.1, 0.15) is 19.4 Å². The lowest BCUT2D eigenvalue weighted by molar-refractivity contribution is 0.533. The van der Waals surface area contributed by atoms with Crippen LogP contribution in [-0.4, -0.2) is 9.55 Å². The van der Waals surface area contributed by atoms with Crippen LogP contribution in [0.3, 0.4) is 0 Å². The molecule has 0 aliphatic carbocycles. The van der Waals surface area contributed by atoms with Gasteiger partial charge in [0.05, 0.1) is 11.0 Å². The first-order valence-corrected chi connectivity index (χ1v) is 5.58. The first kappa shape index (κ1) is 10.5. The fourth-order valence-electron chi connectivity index (χ4n) is 1.75. The van der Waals surface area contributed by atoms with Gasteiger partial charge in [-0.25, -0.2) is 4.98 Å². The van der Waals surface area contributed by atoms with Crippen molar-refractivity contribution in [3.05, 3.63) is 29.0 Å². The third-order valence-electron chi connectivity index (χ3n) is 2.40. The van der Waals surface area contributed by atoms with E-state index in [0.29, 0.717) is 11.2 Å². The van der Waals surface area contributed by atoms with Crippen molar-refractivity contribution >= 4 is 22.6 Å². The summed E-state index contributed by atoms with van der Waals surface area (Å²) in [6.45, 7) is 7.33. The molecule has 0 N–H and O–H groups in total. The Morgan fingerprint density at radius 2 is 2.13 bits per heavy atom. The Kier molecular flexibility index (Phi) is 2.70. The Morgan fingerprint density at radius 3 is 2.80 bits per heavy atom. The first-order chi connectivity index (χ1) is 7.08. The number of aryl methyl sites for hydroxylation is 1. The Morgan fingerprint density at radius 1 is 1.40 bits per heavy atom. The van der Waals surface area contributed by atoms with Crippen molar-refractivity contribution in [3.63, 3.8) is 0 Å². The zero-order valence-corrected chi connectivity index (χ0v) is 10.0. The highest BCUT2D eigenvalue weighted by Gasteiger charge is 2.09. The predicted octanol–water partition coefficient (Wildman–Crippen LogP) is 3.65. The molecule has 0 atom stereocenters. The molecule has 0 aliphatic rings. The molecule has 2 aromatic rings. The summed E-state index contributed by atoms with van der Waals surface area (Å²) in [6, 6.07) is 6.25. The van der Waals surface area contributed by atoms with Gasteiger partial charge in [0.15, 0.2) is 0 Å². The van der Waals surface area contributed by atoms with E-state index in [1.165, 1.54) is 5.56 Å². The molecule has 0 bridgehead atoms. The monoisotopic (exact) mass is 222 g/mol. The lowest BCUT2D eigenvalue weighted by atomic mass is 10.2. The second kappa shape index (κ2) is 3.86. The number of imidazole rings is 1. The van der Waals surface area contributed by atoms with Gasteiger partial charge < -0.3 is 4.57 Å². The Bertz CT molecular complexity index is 486. The van der Waals surface area contributed by atoms with Crippen LogP contribution in [0.4, 0.5) is 0 Å². The van der Waals surface area contributed by atoms with Crippen LogP contribution in [0.2, 0.25) is 5.28 Å². The van der Waals surface area contributed by atoms with E-state index < -0.39 is 0 Å². The molecule has 1 heterocycles. The van der Waals surface area contributed by atoms with Gasteiger partial charge >= 0.3 is 0 Å².